The van der Waals surface area contributed by atoms with Crippen LogP contribution in [0.25, 0.3) is 11.4 Å². The summed E-state index contributed by atoms with van der Waals surface area (Å²) in [7, 11) is 3.21. The van der Waals surface area contributed by atoms with Crippen LogP contribution in [-0.2, 0) is 13.0 Å². The number of thiazole rings is 1. The summed E-state index contributed by atoms with van der Waals surface area (Å²) in [5, 5.41) is 16.0. The van der Waals surface area contributed by atoms with Crippen LogP contribution in [0.1, 0.15) is 31.0 Å². The Morgan fingerprint density at radius 3 is 2.69 bits per heavy atom. The molecule has 0 atom stereocenters. The largest absolute Gasteiger partial charge is 0.493 e. The molecule has 138 valence electrons. The molecule has 0 fully saturated rings. The minimum Gasteiger partial charge on any atom is -0.493 e. The number of methoxy groups -OCH3 is 2. The zero-order valence-corrected chi connectivity index (χ0v) is 16.3. The van der Waals surface area contributed by atoms with Gasteiger partial charge in [-0.05, 0) is 42.2 Å². The molecule has 0 aliphatic heterocycles. The Labute approximate surface area is 157 Å². The van der Waals surface area contributed by atoms with Crippen molar-refractivity contribution in [1.82, 2.24) is 25.2 Å². The van der Waals surface area contributed by atoms with Gasteiger partial charge in [0.15, 0.2) is 11.5 Å². The van der Waals surface area contributed by atoms with Crippen molar-refractivity contribution < 1.29 is 9.47 Å². The number of nitrogens with zero attached hydrogens (tertiary/aromatic N) is 5. The minimum absolute atomic E-state index is 0.512. The van der Waals surface area contributed by atoms with E-state index in [0.717, 1.165) is 29.1 Å². The van der Waals surface area contributed by atoms with E-state index in [1.807, 2.05) is 18.2 Å². The number of hydrogen-bond acceptors (Lipinski definition) is 7. The molecule has 0 bridgehead atoms. The summed E-state index contributed by atoms with van der Waals surface area (Å²) in [6.07, 6.45) is 2.17. The SMILES string of the molecule is COc1ccc(-c2nnn(Cc3csc(CCC(C)C)n3)n2)cc1OC. The Hall–Kier alpha value is -2.48. The van der Waals surface area contributed by atoms with Crippen LogP contribution >= 0.6 is 11.3 Å². The van der Waals surface area contributed by atoms with Gasteiger partial charge in [-0.1, -0.05) is 13.8 Å². The van der Waals surface area contributed by atoms with E-state index in [1.165, 1.54) is 0 Å². The molecule has 2 heterocycles. The molecule has 0 saturated carbocycles. The maximum absolute atomic E-state index is 5.33. The van der Waals surface area contributed by atoms with Crippen LogP contribution in [0.4, 0.5) is 0 Å². The van der Waals surface area contributed by atoms with Crippen molar-refractivity contribution in [2.75, 3.05) is 14.2 Å². The van der Waals surface area contributed by atoms with Gasteiger partial charge >= 0.3 is 0 Å². The summed E-state index contributed by atoms with van der Waals surface area (Å²) in [4.78, 5) is 6.23. The maximum Gasteiger partial charge on any atom is 0.205 e. The zero-order valence-electron chi connectivity index (χ0n) is 15.5. The number of hydrogen-bond donors (Lipinski definition) is 0. The molecule has 7 nitrogen and oxygen atoms in total. The number of rotatable bonds is 8. The standard InChI is InChI=1S/C18H23N5O2S/c1-12(2)5-8-17-19-14(11-26-17)10-23-21-18(20-22-23)13-6-7-15(24-3)16(9-13)25-4/h6-7,9,11-12H,5,8,10H2,1-4H3. The molecule has 26 heavy (non-hydrogen) atoms. The first-order chi connectivity index (χ1) is 12.6. The Kier molecular flexibility index (Phi) is 5.82. The van der Waals surface area contributed by atoms with Crippen molar-refractivity contribution in [1.29, 1.82) is 0 Å². The first-order valence-corrected chi connectivity index (χ1v) is 9.40. The molecular weight excluding hydrogens is 350 g/mol. The van der Waals surface area contributed by atoms with Crippen molar-refractivity contribution in [3.63, 3.8) is 0 Å². The molecule has 1 aromatic carbocycles. The highest BCUT2D eigenvalue weighted by Crippen LogP contribution is 2.30. The quantitative estimate of drug-likeness (QED) is 0.602. The number of tetrazole rings is 1. The zero-order chi connectivity index (χ0) is 18.5. The third-order valence-corrected chi connectivity index (χ3v) is 4.89. The molecule has 0 aliphatic carbocycles. The van der Waals surface area contributed by atoms with Crippen molar-refractivity contribution in [3.05, 3.63) is 34.3 Å². The summed E-state index contributed by atoms with van der Waals surface area (Å²) in [6, 6.07) is 5.55. The second-order valence-corrected chi connectivity index (χ2v) is 7.32. The highest BCUT2D eigenvalue weighted by molar-refractivity contribution is 7.09. The van der Waals surface area contributed by atoms with Crippen molar-refractivity contribution >= 4 is 11.3 Å². The number of aromatic nitrogens is 5. The van der Waals surface area contributed by atoms with Gasteiger partial charge in [0.25, 0.3) is 0 Å². The van der Waals surface area contributed by atoms with Crippen LogP contribution in [-0.4, -0.2) is 39.4 Å². The number of benzene rings is 1. The minimum atomic E-state index is 0.512. The molecule has 8 heteroatoms. The first kappa shape index (κ1) is 18.3. The molecule has 3 aromatic rings. The van der Waals surface area contributed by atoms with Gasteiger partial charge in [0.05, 0.1) is 24.9 Å². The lowest BCUT2D eigenvalue weighted by Crippen LogP contribution is -2.04. The van der Waals surface area contributed by atoms with E-state index in [2.05, 4.69) is 39.6 Å². The van der Waals surface area contributed by atoms with Crippen molar-refractivity contribution in [2.24, 2.45) is 5.92 Å². The van der Waals surface area contributed by atoms with E-state index >= 15 is 0 Å². The summed E-state index contributed by atoms with van der Waals surface area (Å²) < 4.78 is 10.6. The van der Waals surface area contributed by atoms with E-state index in [1.54, 1.807) is 30.4 Å². The topological polar surface area (TPSA) is 75.0 Å². The van der Waals surface area contributed by atoms with Gasteiger partial charge in [0.2, 0.25) is 5.82 Å². The van der Waals surface area contributed by atoms with Gasteiger partial charge in [-0.3, -0.25) is 0 Å². The molecule has 0 unspecified atom stereocenters. The number of aryl methyl sites for hydroxylation is 1. The van der Waals surface area contributed by atoms with E-state index < -0.39 is 0 Å². The van der Waals surface area contributed by atoms with Crippen LogP contribution in [0.3, 0.4) is 0 Å². The molecule has 0 saturated heterocycles. The molecule has 0 N–H and O–H groups in total. The lowest BCUT2D eigenvalue weighted by Gasteiger charge is -2.07. The van der Waals surface area contributed by atoms with Crippen LogP contribution in [0.15, 0.2) is 23.6 Å². The molecule has 0 aliphatic rings. The average Bonchev–Trinajstić information content (AvgIpc) is 3.29. The Morgan fingerprint density at radius 2 is 1.96 bits per heavy atom. The predicted molar refractivity (Wildman–Crippen MR) is 101 cm³/mol. The molecule has 0 amide bonds. The van der Waals surface area contributed by atoms with Gasteiger partial charge in [0.1, 0.15) is 6.54 Å². The highest BCUT2D eigenvalue weighted by atomic mass is 32.1. The third-order valence-electron chi connectivity index (χ3n) is 3.93. The Morgan fingerprint density at radius 1 is 1.15 bits per heavy atom. The smallest absolute Gasteiger partial charge is 0.205 e. The van der Waals surface area contributed by atoms with E-state index in [9.17, 15) is 0 Å². The van der Waals surface area contributed by atoms with Gasteiger partial charge in [0, 0.05) is 10.9 Å². The van der Waals surface area contributed by atoms with Gasteiger partial charge < -0.3 is 9.47 Å². The average molecular weight is 373 g/mol. The fourth-order valence-electron chi connectivity index (χ4n) is 2.49. The van der Waals surface area contributed by atoms with Gasteiger partial charge in [-0.25, -0.2) is 4.98 Å². The van der Waals surface area contributed by atoms with E-state index in [4.69, 9.17) is 9.47 Å². The molecular formula is C18H23N5O2S. The van der Waals surface area contributed by atoms with Crippen LogP contribution < -0.4 is 9.47 Å². The van der Waals surface area contributed by atoms with E-state index in [-0.39, 0.29) is 0 Å². The van der Waals surface area contributed by atoms with Crippen LogP contribution in [0, 0.1) is 5.92 Å². The Bertz CT molecular complexity index is 859. The van der Waals surface area contributed by atoms with Crippen molar-refractivity contribution in [3.8, 4) is 22.9 Å². The molecule has 2 aromatic heterocycles. The van der Waals surface area contributed by atoms with Gasteiger partial charge in [-0.15, -0.1) is 21.5 Å². The first-order valence-electron chi connectivity index (χ1n) is 8.52. The lowest BCUT2D eigenvalue weighted by atomic mass is 10.1. The summed E-state index contributed by atoms with van der Waals surface area (Å²) >= 11 is 1.69. The molecule has 3 rings (SSSR count). The third kappa shape index (κ3) is 4.37. The van der Waals surface area contributed by atoms with E-state index in [0.29, 0.717) is 29.8 Å². The fourth-order valence-corrected chi connectivity index (χ4v) is 3.30. The fraction of sp³-hybridized carbons (Fsp3) is 0.444. The lowest BCUT2D eigenvalue weighted by molar-refractivity contribution is 0.355. The summed E-state index contributed by atoms with van der Waals surface area (Å²) in [5.41, 5.74) is 1.79. The summed E-state index contributed by atoms with van der Waals surface area (Å²) in [5.74, 6) is 2.53. The highest BCUT2D eigenvalue weighted by Gasteiger charge is 2.12. The monoisotopic (exact) mass is 373 g/mol. The molecule has 0 spiro atoms. The second-order valence-electron chi connectivity index (χ2n) is 6.38. The molecule has 0 radical (unpaired) electrons. The Balaban J connectivity index is 1.70. The maximum atomic E-state index is 5.33. The predicted octanol–water partition coefficient (Wildman–Crippen LogP) is 3.45. The van der Waals surface area contributed by atoms with Crippen molar-refractivity contribution in [2.45, 2.75) is 33.2 Å². The second kappa shape index (κ2) is 8.27. The summed E-state index contributed by atoms with van der Waals surface area (Å²) in [6.45, 7) is 4.96. The van der Waals surface area contributed by atoms with Crippen LogP contribution in [0.5, 0.6) is 11.5 Å². The van der Waals surface area contributed by atoms with Crippen LogP contribution in [0.2, 0.25) is 0 Å². The number of ether oxygens (including phenoxy) is 2. The van der Waals surface area contributed by atoms with Gasteiger partial charge in [-0.2, -0.15) is 4.80 Å². The normalized spacial score (nSPS) is 11.1.